The zero-order valence-corrected chi connectivity index (χ0v) is 25.2. The molecule has 0 unspecified atom stereocenters. The molecule has 0 fully saturated rings. The quantitative estimate of drug-likeness (QED) is 0.127. The third-order valence-electron chi connectivity index (χ3n) is 6.41. The number of rotatable bonds is 9. The molecule has 5 rings (SSSR count). The fraction of sp³-hybridized carbons (Fsp3) is 0.0588. The highest BCUT2D eigenvalue weighted by Gasteiger charge is 2.14. The van der Waals surface area contributed by atoms with Crippen molar-refractivity contribution in [1.29, 1.82) is 5.26 Å². The van der Waals surface area contributed by atoms with Crippen LogP contribution in [-0.2, 0) is 18.0 Å². The van der Waals surface area contributed by atoms with E-state index in [-0.39, 0.29) is 12.2 Å². The second kappa shape index (κ2) is 13.6. The highest BCUT2D eigenvalue weighted by molar-refractivity contribution is 9.10. The van der Waals surface area contributed by atoms with E-state index >= 15 is 0 Å². The number of hydrogen-bond acceptors (Lipinski definition) is 4. The van der Waals surface area contributed by atoms with Gasteiger partial charge in [-0.15, -0.1) is 0 Å². The Bertz CT molecular complexity index is 1810. The molecule has 0 aromatic heterocycles. The largest absolute Gasteiger partial charge is 0.489 e. The van der Waals surface area contributed by atoms with Crippen LogP contribution in [0.2, 0.25) is 10.0 Å². The standard InChI is InChI=1S/C34H23BrCl2N2O3/c35-26-9-5-22(6-10-26)20-42-33-16-8-23-3-1-2-4-30(23)31(33)17-25(19-38)34(40)39-28-12-14-29(15-13-28)41-21-24-7-11-27(36)18-32(24)37/h1-18H,20-21H2,(H,39,40)/b25-17+. The Labute approximate surface area is 262 Å². The van der Waals surface area contributed by atoms with E-state index in [1.165, 1.54) is 0 Å². The van der Waals surface area contributed by atoms with Gasteiger partial charge < -0.3 is 14.8 Å². The Morgan fingerprint density at radius 1 is 0.881 bits per heavy atom. The van der Waals surface area contributed by atoms with Crippen molar-refractivity contribution in [2.45, 2.75) is 13.2 Å². The van der Waals surface area contributed by atoms with Gasteiger partial charge in [-0.1, -0.05) is 87.7 Å². The van der Waals surface area contributed by atoms with Gasteiger partial charge in [0.1, 0.15) is 36.4 Å². The number of benzene rings is 5. The lowest BCUT2D eigenvalue weighted by atomic mass is 10.0. The van der Waals surface area contributed by atoms with Gasteiger partial charge in [-0.05, 0) is 77.0 Å². The number of nitrogens with zero attached hydrogens (tertiary/aromatic N) is 1. The predicted molar refractivity (Wildman–Crippen MR) is 172 cm³/mol. The van der Waals surface area contributed by atoms with Crippen molar-refractivity contribution < 1.29 is 14.3 Å². The summed E-state index contributed by atoms with van der Waals surface area (Å²) in [5.74, 6) is 0.628. The lowest BCUT2D eigenvalue weighted by molar-refractivity contribution is -0.112. The summed E-state index contributed by atoms with van der Waals surface area (Å²) in [6.45, 7) is 0.597. The molecule has 0 atom stereocenters. The number of carbonyl (C=O) groups excluding carboxylic acids is 1. The van der Waals surface area contributed by atoms with Gasteiger partial charge in [-0.2, -0.15) is 5.26 Å². The second-order valence-electron chi connectivity index (χ2n) is 9.29. The van der Waals surface area contributed by atoms with Crippen LogP contribution in [0.15, 0.2) is 113 Å². The van der Waals surface area contributed by atoms with Crippen molar-refractivity contribution in [3.63, 3.8) is 0 Å². The number of hydrogen-bond donors (Lipinski definition) is 1. The Kier molecular flexibility index (Phi) is 9.45. The van der Waals surface area contributed by atoms with Crippen LogP contribution in [0.3, 0.4) is 0 Å². The fourth-order valence-electron chi connectivity index (χ4n) is 4.22. The molecule has 1 N–H and O–H groups in total. The summed E-state index contributed by atoms with van der Waals surface area (Å²) in [4.78, 5) is 13.2. The minimum Gasteiger partial charge on any atom is -0.489 e. The Balaban J connectivity index is 1.33. The molecule has 0 saturated heterocycles. The summed E-state index contributed by atoms with van der Waals surface area (Å²) in [6.07, 6.45) is 1.57. The van der Waals surface area contributed by atoms with Gasteiger partial charge in [-0.25, -0.2) is 0 Å². The number of halogens is 3. The molecule has 0 bridgehead atoms. The van der Waals surface area contributed by atoms with Gasteiger partial charge >= 0.3 is 0 Å². The molecule has 0 saturated carbocycles. The van der Waals surface area contributed by atoms with E-state index in [1.54, 1.807) is 42.5 Å². The molecule has 5 nitrogen and oxygen atoms in total. The first-order valence-electron chi connectivity index (χ1n) is 12.9. The lowest BCUT2D eigenvalue weighted by Gasteiger charge is -2.13. The first kappa shape index (κ1) is 29.2. The average molecular weight is 658 g/mol. The normalized spacial score (nSPS) is 11.1. The minimum atomic E-state index is -0.536. The topological polar surface area (TPSA) is 71.3 Å². The molecule has 42 heavy (non-hydrogen) atoms. The number of amides is 1. The zero-order chi connectivity index (χ0) is 29.5. The third-order valence-corrected chi connectivity index (χ3v) is 7.53. The van der Waals surface area contributed by atoms with Gasteiger partial charge in [-0.3, -0.25) is 4.79 Å². The first-order chi connectivity index (χ1) is 20.4. The van der Waals surface area contributed by atoms with E-state index in [1.807, 2.05) is 72.8 Å². The molecular formula is C34H23BrCl2N2O3. The van der Waals surface area contributed by atoms with Gasteiger partial charge in [0.25, 0.3) is 5.91 Å². The van der Waals surface area contributed by atoms with Crippen LogP contribution < -0.4 is 14.8 Å². The summed E-state index contributed by atoms with van der Waals surface area (Å²) >= 11 is 15.6. The van der Waals surface area contributed by atoms with Crippen LogP contribution in [-0.4, -0.2) is 5.91 Å². The minimum absolute atomic E-state index is 0.0578. The molecule has 0 aliphatic rings. The van der Waals surface area contributed by atoms with Crippen LogP contribution >= 0.6 is 39.1 Å². The molecule has 5 aromatic carbocycles. The second-order valence-corrected chi connectivity index (χ2v) is 11.0. The molecule has 208 valence electrons. The number of anilines is 1. The van der Waals surface area contributed by atoms with Gasteiger partial charge in [0, 0.05) is 31.3 Å². The summed E-state index contributed by atoms with van der Waals surface area (Å²) < 4.78 is 13.0. The molecule has 5 aromatic rings. The van der Waals surface area contributed by atoms with E-state index in [4.69, 9.17) is 32.7 Å². The van der Waals surface area contributed by atoms with E-state index in [0.717, 1.165) is 26.4 Å². The van der Waals surface area contributed by atoms with Crippen LogP contribution in [0, 0.1) is 11.3 Å². The van der Waals surface area contributed by atoms with E-state index < -0.39 is 5.91 Å². The molecule has 0 heterocycles. The first-order valence-corrected chi connectivity index (χ1v) is 14.4. The molecule has 0 radical (unpaired) electrons. The summed E-state index contributed by atoms with van der Waals surface area (Å²) in [5.41, 5.74) is 2.90. The highest BCUT2D eigenvalue weighted by Crippen LogP contribution is 2.31. The van der Waals surface area contributed by atoms with Crippen LogP contribution in [0.5, 0.6) is 11.5 Å². The molecule has 1 amide bonds. The molecule has 0 spiro atoms. The highest BCUT2D eigenvalue weighted by atomic mass is 79.9. The average Bonchev–Trinajstić information content (AvgIpc) is 3.00. The maximum atomic E-state index is 13.2. The Hall–Kier alpha value is -4.28. The molecule has 8 heteroatoms. The van der Waals surface area contributed by atoms with Crippen molar-refractivity contribution in [2.75, 3.05) is 5.32 Å². The number of nitriles is 1. The Morgan fingerprint density at radius 3 is 2.38 bits per heavy atom. The van der Waals surface area contributed by atoms with Gasteiger partial charge in [0.15, 0.2) is 0 Å². The predicted octanol–water partition coefficient (Wildman–Crippen LogP) is 9.61. The SMILES string of the molecule is N#C/C(=C\c1c(OCc2ccc(Br)cc2)ccc2ccccc12)C(=O)Nc1ccc(OCc2ccc(Cl)cc2Cl)cc1. The van der Waals surface area contributed by atoms with Crippen molar-refractivity contribution in [2.24, 2.45) is 0 Å². The lowest BCUT2D eigenvalue weighted by Crippen LogP contribution is -2.13. The summed E-state index contributed by atoms with van der Waals surface area (Å²) in [7, 11) is 0. The van der Waals surface area contributed by atoms with E-state index in [0.29, 0.717) is 39.4 Å². The van der Waals surface area contributed by atoms with Crippen LogP contribution in [0.4, 0.5) is 5.69 Å². The fourth-order valence-corrected chi connectivity index (χ4v) is 4.95. The van der Waals surface area contributed by atoms with Crippen molar-refractivity contribution in [1.82, 2.24) is 0 Å². The molecule has 0 aliphatic heterocycles. The molecule has 0 aliphatic carbocycles. The van der Waals surface area contributed by atoms with Crippen LogP contribution in [0.25, 0.3) is 16.8 Å². The number of carbonyl (C=O) groups is 1. The van der Waals surface area contributed by atoms with Gasteiger partial charge in [0.05, 0.1) is 0 Å². The van der Waals surface area contributed by atoms with Crippen molar-refractivity contribution in [3.8, 4) is 17.6 Å². The molecular weight excluding hydrogens is 635 g/mol. The van der Waals surface area contributed by atoms with Crippen molar-refractivity contribution >= 4 is 67.6 Å². The number of fused-ring (bicyclic) bond motifs is 1. The van der Waals surface area contributed by atoms with E-state index in [2.05, 4.69) is 21.2 Å². The maximum Gasteiger partial charge on any atom is 0.266 e. The monoisotopic (exact) mass is 656 g/mol. The van der Waals surface area contributed by atoms with Crippen LogP contribution in [0.1, 0.15) is 16.7 Å². The summed E-state index contributed by atoms with van der Waals surface area (Å²) in [6, 6.07) is 33.6. The number of nitrogens with one attached hydrogen (secondary N) is 1. The smallest absolute Gasteiger partial charge is 0.266 e. The summed E-state index contributed by atoms with van der Waals surface area (Å²) in [5, 5.41) is 15.6. The maximum absolute atomic E-state index is 13.2. The number of ether oxygens (including phenoxy) is 2. The van der Waals surface area contributed by atoms with Crippen molar-refractivity contribution in [3.05, 3.63) is 140 Å². The zero-order valence-electron chi connectivity index (χ0n) is 22.1. The Morgan fingerprint density at radius 2 is 1.64 bits per heavy atom. The van der Waals surface area contributed by atoms with E-state index in [9.17, 15) is 10.1 Å². The van der Waals surface area contributed by atoms with Gasteiger partial charge in [0.2, 0.25) is 0 Å². The third kappa shape index (κ3) is 7.32.